The van der Waals surface area contributed by atoms with E-state index in [9.17, 15) is 9.90 Å². The molecule has 6 rings (SSSR count). The summed E-state index contributed by atoms with van der Waals surface area (Å²) < 4.78 is 1.61. The van der Waals surface area contributed by atoms with Gasteiger partial charge in [0.05, 0.1) is 12.2 Å². The summed E-state index contributed by atoms with van der Waals surface area (Å²) in [5.41, 5.74) is 3.21. The number of nitrogens with zero attached hydrogens (tertiary/aromatic N) is 6. The molecular weight excluding hydrogens is 384 g/mol. The van der Waals surface area contributed by atoms with Crippen molar-refractivity contribution in [3.63, 3.8) is 0 Å². The first-order valence-electron chi connectivity index (χ1n) is 9.84. The van der Waals surface area contributed by atoms with E-state index in [1.54, 1.807) is 16.8 Å². The summed E-state index contributed by atoms with van der Waals surface area (Å²) in [5, 5.41) is 15.0. The average molecular weight is 402 g/mol. The minimum Gasteiger partial charge on any atom is -0.493 e. The summed E-state index contributed by atoms with van der Waals surface area (Å²) in [6, 6.07) is 8.50. The first-order chi connectivity index (χ1) is 14.7. The number of aromatic nitrogens is 6. The summed E-state index contributed by atoms with van der Waals surface area (Å²) >= 11 is 0. The van der Waals surface area contributed by atoms with E-state index < -0.39 is 5.69 Å². The quantitative estimate of drug-likeness (QED) is 0.448. The van der Waals surface area contributed by atoms with E-state index in [1.807, 2.05) is 12.1 Å². The highest BCUT2D eigenvalue weighted by atomic mass is 16.3. The fraction of sp³-hybridized carbons (Fsp3) is 0.250. The summed E-state index contributed by atoms with van der Waals surface area (Å²) in [6.07, 6.45) is 6.28. The van der Waals surface area contributed by atoms with Gasteiger partial charge in [-0.25, -0.2) is 9.79 Å². The molecule has 3 N–H and O–H groups in total. The maximum atomic E-state index is 11.5. The fourth-order valence-corrected chi connectivity index (χ4v) is 3.74. The molecule has 0 unspecified atom stereocenters. The molecule has 1 saturated carbocycles. The number of nitrogens with one attached hydrogen (secondary N) is 2. The molecule has 10 heteroatoms. The molecule has 4 aromatic rings. The largest absolute Gasteiger partial charge is 0.493 e. The Morgan fingerprint density at radius 3 is 2.87 bits per heavy atom. The zero-order valence-corrected chi connectivity index (χ0v) is 15.9. The Kier molecular flexibility index (Phi) is 3.55. The lowest BCUT2D eigenvalue weighted by atomic mass is 10.2. The highest BCUT2D eigenvalue weighted by Gasteiger charge is 2.24. The Hall–Kier alpha value is -3.95. The third-order valence-corrected chi connectivity index (χ3v) is 5.38. The van der Waals surface area contributed by atoms with Crippen LogP contribution in [0.15, 0.2) is 40.2 Å². The van der Waals surface area contributed by atoms with Crippen molar-refractivity contribution in [2.45, 2.75) is 25.3 Å². The number of aromatic hydroxyl groups is 1. The van der Waals surface area contributed by atoms with E-state index in [0.29, 0.717) is 22.4 Å². The van der Waals surface area contributed by atoms with Crippen LogP contribution in [-0.2, 0) is 6.42 Å². The summed E-state index contributed by atoms with van der Waals surface area (Å²) in [4.78, 5) is 32.7. The van der Waals surface area contributed by atoms with Gasteiger partial charge in [-0.15, -0.1) is 0 Å². The highest BCUT2D eigenvalue weighted by molar-refractivity contribution is 5.66. The van der Waals surface area contributed by atoms with Gasteiger partial charge in [-0.2, -0.15) is 19.6 Å². The predicted octanol–water partition coefficient (Wildman–Crippen LogP) is 0.151. The van der Waals surface area contributed by atoms with Crippen LogP contribution >= 0.6 is 0 Å². The Labute approximate surface area is 169 Å². The number of aromatic amines is 2. The summed E-state index contributed by atoms with van der Waals surface area (Å²) in [7, 11) is 0. The molecule has 0 spiro atoms. The number of benzene rings is 1. The molecule has 10 nitrogen and oxygen atoms in total. The molecule has 4 heterocycles. The van der Waals surface area contributed by atoms with Crippen LogP contribution in [0, 0.1) is 0 Å². The van der Waals surface area contributed by atoms with Crippen molar-refractivity contribution in [3.8, 4) is 5.88 Å². The number of H-pyrrole nitrogens is 2. The van der Waals surface area contributed by atoms with E-state index in [0.717, 1.165) is 31.5 Å². The lowest BCUT2D eigenvalue weighted by Gasteiger charge is -2.16. The SMILES string of the molecule is O=c1[nH]c(O)c(C=c2cnn3c(=NC4CC4)nc(N4CCc5ccccc54)nc23)[nH]1. The molecule has 1 aromatic carbocycles. The summed E-state index contributed by atoms with van der Waals surface area (Å²) in [5.74, 6) is 0.332. The number of fused-ring (bicyclic) bond motifs is 2. The van der Waals surface area contributed by atoms with Gasteiger partial charge in [0.2, 0.25) is 11.8 Å². The molecule has 1 aliphatic carbocycles. The molecule has 0 amide bonds. The van der Waals surface area contributed by atoms with Crippen molar-refractivity contribution >= 4 is 23.4 Å². The zero-order chi connectivity index (χ0) is 20.2. The lowest BCUT2D eigenvalue weighted by Crippen LogP contribution is -2.28. The highest BCUT2D eigenvalue weighted by Crippen LogP contribution is 2.31. The van der Waals surface area contributed by atoms with Crippen molar-refractivity contribution in [1.29, 1.82) is 0 Å². The first-order valence-corrected chi connectivity index (χ1v) is 9.84. The maximum Gasteiger partial charge on any atom is 0.326 e. The van der Waals surface area contributed by atoms with Gasteiger partial charge in [0.25, 0.3) is 5.62 Å². The molecule has 2 aliphatic rings. The molecule has 30 heavy (non-hydrogen) atoms. The van der Waals surface area contributed by atoms with Crippen LogP contribution in [0.4, 0.5) is 11.6 Å². The fourth-order valence-electron chi connectivity index (χ4n) is 3.74. The Morgan fingerprint density at radius 1 is 1.20 bits per heavy atom. The van der Waals surface area contributed by atoms with Gasteiger partial charge in [-0.1, -0.05) is 18.2 Å². The predicted molar refractivity (Wildman–Crippen MR) is 108 cm³/mol. The second kappa shape index (κ2) is 6.28. The number of anilines is 2. The number of rotatable bonds is 3. The van der Waals surface area contributed by atoms with Gasteiger partial charge < -0.3 is 15.0 Å². The topological polar surface area (TPSA) is 128 Å². The van der Waals surface area contributed by atoms with Gasteiger partial charge in [-0.3, -0.25) is 4.98 Å². The van der Waals surface area contributed by atoms with Gasteiger partial charge in [0.1, 0.15) is 5.69 Å². The van der Waals surface area contributed by atoms with Crippen LogP contribution < -0.4 is 21.4 Å². The Morgan fingerprint density at radius 2 is 2.07 bits per heavy atom. The van der Waals surface area contributed by atoms with Crippen molar-refractivity contribution in [1.82, 2.24) is 29.5 Å². The van der Waals surface area contributed by atoms with Crippen LogP contribution in [0.25, 0.3) is 11.7 Å². The number of hydrogen-bond donors (Lipinski definition) is 3. The van der Waals surface area contributed by atoms with E-state index >= 15 is 0 Å². The van der Waals surface area contributed by atoms with Crippen molar-refractivity contribution in [2.75, 3.05) is 11.4 Å². The van der Waals surface area contributed by atoms with E-state index in [-0.39, 0.29) is 17.6 Å². The van der Waals surface area contributed by atoms with E-state index in [2.05, 4.69) is 32.1 Å². The second-order valence-corrected chi connectivity index (χ2v) is 7.54. The molecule has 0 bridgehead atoms. The number of para-hydroxylation sites is 1. The van der Waals surface area contributed by atoms with Gasteiger partial charge in [0.15, 0.2) is 5.65 Å². The van der Waals surface area contributed by atoms with Crippen molar-refractivity contribution in [3.05, 3.63) is 63.0 Å². The van der Waals surface area contributed by atoms with Crippen molar-refractivity contribution in [2.24, 2.45) is 4.99 Å². The normalized spacial score (nSPS) is 17.3. The number of imidazole rings is 1. The summed E-state index contributed by atoms with van der Waals surface area (Å²) in [6.45, 7) is 0.789. The molecule has 1 fully saturated rings. The minimum absolute atomic E-state index is 0.231. The van der Waals surface area contributed by atoms with E-state index in [4.69, 9.17) is 15.0 Å². The average Bonchev–Trinajstić information content (AvgIpc) is 3.16. The molecule has 0 atom stereocenters. The maximum absolute atomic E-state index is 11.5. The molecule has 1 aliphatic heterocycles. The molecule has 0 radical (unpaired) electrons. The third kappa shape index (κ3) is 2.76. The van der Waals surface area contributed by atoms with Crippen LogP contribution in [0.3, 0.4) is 0 Å². The molecule has 0 saturated heterocycles. The molecule has 3 aromatic heterocycles. The van der Waals surface area contributed by atoms with Gasteiger partial charge >= 0.3 is 5.69 Å². The monoisotopic (exact) mass is 402 g/mol. The van der Waals surface area contributed by atoms with Crippen LogP contribution in [0.2, 0.25) is 0 Å². The Balaban J connectivity index is 1.58. The minimum atomic E-state index is -0.483. The first kappa shape index (κ1) is 17.0. The van der Waals surface area contributed by atoms with Crippen LogP contribution in [-0.4, -0.2) is 47.2 Å². The second-order valence-electron chi connectivity index (χ2n) is 7.54. The van der Waals surface area contributed by atoms with Gasteiger partial charge in [-0.05, 0) is 37.0 Å². The zero-order valence-electron chi connectivity index (χ0n) is 15.9. The van der Waals surface area contributed by atoms with Crippen molar-refractivity contribution < 1.29 is 5.11 Å². The lowest BCUT2D eigenvalue weighted by molar-refractivity contribution is 0.454. The third-order valence-electron chi connectivity index (χ3n) is 5.38. The number of hydrogen-bond acceptors (Lipinski definition) is 7. The molecular formula is C20H18N8O2. The Bertz CT molecular complexity index is 1460. The van der Waals surface area contributed by atoms with Gasteiger partial charge in [0, 0.05) is 17.5 Å². The van der Waals surface area contributed by atoms with Crippen LogP contribution in [0.1, 0.15) is 24.1 Å². The molecule has 150 valence electrons. The van der Waals surface area contributed by atoms with E-state index in [1.165, 1.54) is 5.56 Å². The smallest absolute Gasteiger partial charge is 0.326 e. The standard InChI is InChI=1S/C20H18N8O2/c29-17-14(23-20(30)25-17)9-12-10-21-28-16(12)24-18(26-19(28)22-13-5-6-13)27-8-7-11-3-1-2-4-15(11)27/h1-4,9-10,13,29H,5-8H2,(H2,23,25,30). The van der Waals surface area contributed by atoms with Crippen LogP contribution in [0.5, 0.6) is 5.88 Å².